The van der Waals surface area contributed by atoms with Crippen LogP contribution in [0.4, 0.5) is 0 Å². The Morgan fingerprint density at radius 2 is 1.75 bits per heavy atom. The molecule has 2 atom stereocenters. The molecule has 1 N–H and O–H groups in total. The fourth-order valence-electron chi connectivity index (χ4n) is 2.91. The Kier molecular flexibility index (Phi) is 5.99. The second kappa shape index (κ2) is 8.62. The molecule has 2 aromatic carbocycles. The molecule has 4 nitrogen and oxygen atoms in total. The summed E-state index contributed by atoms with van der Waals surface area (Å²) in [5, 5.41) is 3.03. The fourth-order valence-corrected chi connectivity index (χ4v) is 2.91. The number of hydrogen-bond acceptors (Lipinski definition) is 3. The van der Waals surface area contributed by atoms with Gasteiger partial charge in [-0.15, -0.1) is 0 Å². The fraction of sp³-hybridized carbons (Fsp3) is 0.350. The lowest BCUT2D eigenvalue weighted by molar-refractivity contribution is -0.147. The third-order valence-electron chi connectivity index (χ3n) is 4.23. The van der Waals surface area contributed by atoms with Gasteiger partial charge in [-0.25, -0.2) is 0 Å². The predicted molar refractivity (Wildman–Crippen MR) is 92.9 cm³/mol. The highest BCUT2D eigenvalue weighted by Crippen LogP contribution is 2.20. The number of rotatable bonds is 6. The van der Waals surface area contributed by atoms with E-state index in [0.29, 0.717) is 26.4 Å². The molecule has 3 rings (SSSR count). The van der Waals surface area contributed by atoms with Crippen LogP contribution in [0.1, 0.15) is 17.0 Å². The number of hydrogen-bond donors (Lipinski definition) is 1. The Morgan fingerprint density at radius 3 is 2.42 bits per heavy atom. The number of nitrogens with one attached hydrogen (secondary N) is 1. The van der Waals surface area contributed by atoms with Crippen molar-refractivity contribution in [3.8, 4) is 0 Å². The topological polar surface area (TPSA) is 47.6 Å². The van der Waals surface area contributed by atoms with Crippen molar-refractivity contribution in [3.63, 3.8) is 0 Å². The minimum absolute atomic E-state index is 0.0938. The van der Waals surface area contributed by atoms with Crippen molar-refractivity contribution in [1.29, 1.82) is 0 Å². The van der Waals surface area contributed by atoms with E-state index in [1.165, 1.54) is 11.1 Å². The van der Waals surface area contributed by atoms with Crippen LogP contribution in [-0.4, -0.2) is 38.4 Å². The number of carbonyl (C=O) groups is 1. The number of carbonyl (C=O) groups excluding carboxylic acids is 1. The Bertz CT molecular complexity index is 624. The van der Waals surface area contributed by atoms with Gasteiger partial charge >= 0.3 is 0 Å². The van der Waals surface area contributed by atoms with Crippen molar-refractivity contribution in [1.82, 2.24) is 5.32 Å². The van der Waals surface area contributed by atoms with Crippen LogP contribution in [0.2, 0.25) is 0 Å². The van der Waals surface area contributed by atoms with Gasteiger partial charge in [0.15, 0.2) is 6.10 Å². The van der Waals surface area contributed by atoms with E-state index in [-0.39, 0.29) is 11.8 Å². The van der Waals surface area contributed by atoms with Crippen LogP contribution >= 0.6 is 0 Å². The Hall–Kier alpha value is -2.17. The van der Waals surface area contributed by atoms with E-state index in [4.69, 9.17) is 9.47 Å². The molecule has 0 aromatic heterocycles. The molecule has 0 bridgehead atoms. The lowest BCUT2D eigenvalue weighted by atomic mass is 9.92. The molecule has 0 aliphatic carbocycles. The maximum atomic E-state index is 12.3. The predicted octanol–water partition coefficient (Wildman–Crippen LogP) is 2.54. The first kappa shape index (κ1) is 16.7. The maximum Gasteiger partial charge on any atom is 0.251 e. The second-order valence-corrected chi connectivity index (χ2v) is 5.98. The van der Waals surface area contributed by atoms with Crippen molar-refractivity contribution >= 4 is 5.91 Å². The molecule has 1 fully saturated rings. The van der Waals surface area contributed by atoms with E-state index in [1.807, 2.05) is 36.4 Å². The van der Waals surface area contributed by atoms with Crippen LogP contribution < -0.4 is 5.32 Å². The molecular formula is C20H23NO3. The van der Waals surface area contributed by atoms with Gasteiger partial charge in [0, 0.05) is 12.5 Å². The van der Waals surface area contributed by atoms with Gasteiger partial charge in [0.25, 0.3) is 5.91 Å². The molecule has 126 valence electrons. The van der Waals surface area contributed by atoms with E-state index in [1.54, 1.807) is 0 Å². The molecule has 1 aliphatic heterocycles. The highest BCUT2D eigenvalue weighted by atomic mass is 16.6. The van der Waals surface area contributed by atoms with Crippen LogP contribution in [0.25, 0.3) is 0 Å². The van der Waals surface area contributed by atoms with Gasteiger partial charge in [-0.3, -0.25) is 4.79 Å². The number of benzene rings is 2. The summed E-state index contributed by atoms with van der Waals surface area (Å²) in [7, 11) is 0. The Labute approximate surface area is 142 Å². The Balaban J connectivity index is 1.64. The zero-order valence-electron chi connectivity index (χ0n) is 13.7. The molecule has 24 heavy (non-hydrogen) atoms. The molecule has 1 heterocycles. The summed E-state index contributed by atoms with van der Waals surface area (Å²) in [6.07, 6.45) is 0.388. The lowest BCUT2D eigenvalue weighted by Gasteiger charge is -2.24. The quantitative estimate of drug-likeness (QED) is 0.888. The highest BCUT2D eigenvalue weighted by molar-refractivity contribution is 5.81. The molecule has 1 amide bonds. The van der Waals surface area contributed by atoms with Crippen LogP contribution in [0, 0.1) is 0 Å². The average molecular weight is 325 g/mol. The monoisotopic (exact) mass is 325 g/mol. The summed E-state index contributed by atoms with van der Waals surface area (Å²) in [5.41, 5.74) is 2.49. The SMILES string of the molecule is O=C(NCC(Cc1ccccc1)c1ccccc1)C1COCCO1. The second-order valence-electron chi connectivity index (χ2n) is 5.98. The summed E-state index contributed by atoms with van der Waals surface area (Å²) in [6, 6.07) is 20.6. The van der Waals surface area contributed by atoms with Gasteiger partial charge in [0.2, 0.25) is 0 Å². The molecule has 0 spiro atoms. The zero-order valence-corrected chi connectivity index (χ0v) is 13.7. The summed E-state index contributed by atoms with van der Waals surface area (Å²) >= 11 is 0. The highest BCUT2D eigenvalue weighted by Gasteiger charge is 2.23. The first-order chi connectivity index (χ1) is 11.8. The van der Waals surface area contributed by atoms with Crippen LogP contribution in [-0.2, 0) is 20.7 Å². The van der Waals surface area contributed by atoms with Gasteiger partial charge in [0.1, 0.15) is 0 Å². The average Bonchev–Trinajstić information content (AvgIpc) is 2.67. The van der Waals surface area contributed by atoms with Gasteiger partial charge in [-0.1, -0.05) is 60.7 Å². The summed E-state index contributed by atoms with van der Waals surface area (Å²) in [6.45, 7) is 1.95. The third-order valence-corrected chi connectivity index (χ3v) is 4.23. The van der Waals surface area contributed by atoms with Crippen LogP contribution in [0.3, 0.4) is 0 Å². The maximum absolute atomic E-state index is 12.3. The normalized spacial score (nSPS) is 18.8. The minimum atomic E-state index is -0.494. The number of ether oxygens (including phenoxy) is 2. The van der Waals surface area contributed by atoms with Gasteiger partial charge in [-0.05, 0) is 17.5 Å². The Morgan fingerprint density at radius 1 is 1.04 bits per heavy atom. The number of amides is 1. The molecule has 0 saturated carbocycles. The van der Waals surface area contributed by atoms with Gasteiger partial charge in [-0.2, -0.15) is 0 Å². The first-order valence-corrected chi connectivity index (χ1v) is 8.39. The van der Waals surface area contributed by atoms with Crippen LogP contribution in [0.15, 0.2) is 60.7 Å². The molecular weight excluding hydrogens is 302 g/mol. The van der Waals surface area contributed by atoms with Crippen molar-refractivity contribution < 1.29 is 14.3 Å². The van der Waals surface area contributed by atoms with Crippen molar-refractivity contribution in [2.45, 2.75) is 18.4 Å². The van der Waals surface area contributed by atoms with E-state index in [0.717, 1.165) is 6.42 Å². The minimum Gasteiger partial charge on any atom is -0.376 e. The zero-order chi connectivity index (χ0) is 16.6. The third kappa shape index (κ3) is 4.66. The van der Waals surface area contributed by atoms with E-state index < -0.39 is 6.10 Å². The molecule has 2 aromatic rings. The van der Waals surface area contributed by atoms with Gasteiger partial charge in [0.05, 0.1) is 19.8 Å². The summed E-state index contributed by atoms with van der Waals surface area (Å²) < 4.78 is 10.8. The smallest absolute Gasteiger partial charge is 0.251 e. The molecule has 2 unspecified atom stereocenters. The summed E-state index contributed by atoms with van der Waals surface area (Å²) in [5.74, 6) is 0.130. The first-order valence-electron chi connectivity index (χ1n) is 8.39. The van der Waals surface area contributed by atoms with Gasteiger partial charge < -0.3 is 14.8 Å². The van der Waals surface area contributed by atoms with Crippen molar-refractivity contribution in [2.75, 3.05) is 26.4 Å². The van der Waals surface area contributed by atoms with Crippen LogP contribution in [0.5, 0.6) is 0 Å². The van der Waals surface area contributed by atoms with Crippen molar-refractivity contribution in [2.24, 2.45) is 0 Å². The molecule has 0 radical (unpaired) electrons. The largest absolute Gasteiger partial charge is 0.376 e. The van der Waals surface area contributed by atoms with E-state index >= 15 is 0 Å². The van der Waals surface area contributed by atoms with E-state index in [2.05, 4.69) is 29.6 Å². The van der Waals surface area contributed by atoms with Crippen molar-refractivity contribution in [3.05, 3.63) is 71.8 Å². The molecule has 1 aliphatic rings. The standard InChI is InChI=1S/C20H23NO3/c22-20(19-15-23-11-12-24-19)21-14-18(17-9-5-2-6-10-17)13-16-7-3-1-4-8-16/h1-10,18-19H,11-15H2,(H,21,22). The van der Waals surface area contributed by atoms with E-state index in [9.17, 15) is 4.79 Å². The molecule has 1 saturated heterocycles. The summed E-state index contributed by atoms with van der Waals surface area (Å²) in [4.78, 5) is 12.3. The molecule has 4 heteroatoms. The lowest BCUT2D eigenvalue weighted by Crippen LogP contribution is -2.44.